The molecule has 1 rings (SSSR count). The van der Waals surface area contributed by atoms with Crippen molar-refractivity contribution in [3.63, 3.8) is 0 Å². The summed E-state index contributed by atoms with van der Waals surface area (Å²) in [6, 6.07) is 0.411. The molecule has 2 N–H and O–H groups in total. The quantitative estimate of drug-likeness (QED) is 0.713. The Morgan fingerprint density at radius 1 is 1.60 bits per heavy atom. The highest BCUT2D eigenvalue weighted by Crippen LogP contribution is 2.18. The highest BCUT2D eigenvalue weighted by Gasteiger charge is 2.27. The number of hydrogen-bond acceptors (Lipinski definition) is 3. The number of likely N-dealkylation sites (N-methyl/N-ethyl adjacent to an activating group) is 1. The molecule has 1 fully saturated rings. The molecule has 4 heteroatoms. The van der Waals surface area contributed by atoms with E-state index in [-0.39, 0.29) is 5.91 Å². The van der Waals surface area contributed by atoms with Crippen LogP contribution in [0.5, 0.6) is 0 Å². The van der Waals surface area contributed by atoms with Gasteiger partial charge in [-0.25, -0.2) is 0 Å². The van der Waals surface area contributed by atoms with Crippen molar-refractivity contribution in [3.8, 4) is 0 Å². The number of rotatable bonds is 5. The van der Waals surface area contributed by atoms with E-state index in [4.69, 9.17) is 5.73 Å². The molecule has 4 nitrogen and oxygen atoms in total. The Balaban J connectivity index is 2.44. The summed E-state index contributed by atoms with van der Waals surface area (Å²) in [5, 5.41) is 0. The van der Waals surface area contributed by atoms with E-state index in [1.807, 2.05) is 4.90 Å². The molecule has 88 valence electrons. The molecular formula is C11H23N3O. The summed E-state index contributed by atoms with van der Waals surface area (Å²) in [4.78, 5) is 15.7. The Hall–Kier alpha value is -0.610. The maximum absolute atomic E-state index is 11.4. The third-order valence-electron chi connectivity index (χ3n) is 3.14. The van der Waals surface area contributed by atoms with E-state index in [9.17, 15) is 4.79 Å². The Labute approximate surface area is 92.4 Å². The summed E-state index contributed by atoms with van der Waals surface area (Å²) in [7, 11) is 0. The third-order valence-corrected chi connectivity index (χ3v) is 3.14. The average Bonchev–Trinajstić information content (AvgIpc) is 2.65. The van der Waals surface area contributed by atoms with Crippen LogP contribution in [0.1, 0.15) is 26.7 Å². The van der Waals surface area contributed by atoms with Crippen molar-refractivity contribution in [2.45, 2.75) is 32.7 Å². The molecule has 1 aliphatic rings. The molecule has 1 amide bonds. The number of hydrogen-bond donors (Lipinski definition) is 1. The lowest BCUT2D eigenvalue weighted by molar-refractivity contribution is -0.129. The third kappa shape index (κ3) is 3.47. The predicted molar refractivity (Wildman–Crippen MR) is 61.6 cm³/mol. The Bertz CT molecular complexity index is 208. The van der Waals surface area contributed by atoms with E-state index in [0.29, 0.717) is 12.6 Å². The summed E-state index contributed by atoms with van der Waals surface area (Å²) in [6.07, 6.45) is 2.28. The molecule has 0 aromatic heterocycles. The number of likely N-dealkylation sites (tertiary alicyclic amines) is 1. The van der Waals surface area contributed by atoms with Crippen LogP contribution in [0.3, 0.4) is 0 Å². The number of carbonyl (C=O) groups excluding carboxylic acids is 1. The first-order valence-electron chi connectivity index (χ1n) is 5.88. The number of nitrogens with two attached hydrogens (primary N) is 1. The maximum Gasteiger partial charge on any atom is 0.219 e. The molecule has 1 saturated heterocycles. The van der Waals surface area contributed by atoms with Crippen LogP contribution < -0.4 is 5.73 Å². The van der Waals surface area contributed by atoms with Crippen LogP contribution in [0.15, 0.2) is 0 Å². The van der Waals surface area contributed by atoms with E-state index in [2.05, 4.69) is 11.8 Å². The fourth-order valence-corrected chi connectivity index (χ4v) is 2.30. The molecule has 0 spiro atoms. The largest absolute Gasteiger partial charge is 0.339 e. The van der Waals surface area contributed by atoms with Crippen LogP contribution in [-0.4, -0.2) is 54.5 Å². The maximum atomic E-state index is 11.4. The molecule has 15 heavy (non-hydrogen) atoms. The van der Waals surface area contributed by atoms with Gasteiger partial charge in [-0.2, -0.15) is 0 Å². The SMILES string of the molecule is CCN(CCN)CC1CCCN1C(C)=O. The van der Waals surface area contributed by atoms with Gasteiger partial charge in [-0.05, 0) is 19.4 Å². The van der Waals surface area contributed by atoms with Crippen molar-refractivity contribution in [2.24, 2.45) is 5.73 Å². The van der Waals surface area contributed by atoms with Gasteiger partial charge in [-0.15, -0.1) is 0 Å². The van der Waals surface area contributed by atoms with E-state index in [0.717, 1.165) is 39.0 Å². The van der Waals surface area contributed by atoms with Crippen molar-refractivity contribution in [1.29, 1.82) is 0 Å². The fraction of sp³-hybridized carbons (Fsp3) is 0.909. The van der Waals surface area contributed by atoms with Gasteiger partial charge in [-0.1, -0.05) is 6.92 Å². The van der Waals surface area contributed by atoms with Crippen molar-refractivity contribution in [3.05, 3.63) is 0 Å². The number of carbonyl (C=O) groups is 1. The summed E-state index contributed by atoms with van der Waals surface area (Å²) >= 11 is 0. The first kappa shape index (κ1) is 12.5. The van der Waals surface area contributed by atoms with Gasteiger partial charge in [0.25, 0.3) is 0 Å². The van der Waals surface area contributed by atoms with Crippen LogP contribution in [0.25, 0.3) is 0 Å². The normalized spacial score (nSPS) is 21.3. The zero-order valence-electron chi connectivity index (χ0n) is 9.91. The molecule has 0 bridgehead atoms. The van der Waals surface area contributed by atoms with Gasteiger partial charge in [0.15, 0.2) is 0 Å². The molecule has 0 aliphatic carbocycles. The van der Waals surface area contributed by atoms with Gasteiger partial charge in [0.1, 0.15) is 0 Å². The van der Waals surface area contributed by atoms with Crippen molar-refractivity contribution in [2.75, 3.05) is 32.7 Å². The minimum absolute atomic E-state index is 0.210. The Morgan fingerprint density at radius 2 is 2.33 bits per heavy atom. The van der Waals surface area contributed by atoms with Gasteiger partial charge >= 0.3 is 0 Å². The molecule has 0 aromatic rings. The standard InChI is InChI=1S/C11H23N3O/c1-3-13(8-6-12)9-11-5-4-7-14(11)10(2)15/h11H,3-9,12H2,1-2H3. The van der Waals surface area contributed by atoms with Crippen LogP contribution in [-0.2, 0) is 4.79 Å². The first-order chi connectivity index (χ1) is 7.19. The second-order valence-corrected chi connectivity index (χ2v) is 4.19. The summed E-state index contributed by atoms with van der Waals surface area (Å²) < 4.78 is 0. The smallest absolute Gasteiger partial charge is 0.219 e. The second kappa shape index (κ2) is 6.08. The average molecular weight is 213 g/mol. The molecule has 0 aromatic carbocycles. The molecular weight excluding hydrogens is 190 g/mol. The minimum atomic E-state index is 0.210. The van der Waals surface area contributed by atoms with E-state index in [1.165, 1.54) is 0 Å². The van der Waals surface area contributed by atoms with E-state index < -0.39 is 0 Å². The lowest BCUT2D eigenvalue weighted by Crippen LogP contribution is -2.43. The minimum Gasteiger partial charge on any atom is -0.339 e. The summed E-state index contributed by atoms with van der Waals surface area (Å²) in [5.41, 5.74) is 5.55. The van der Waals surface area contributed by atoms with Gasteiger partial charge in [0.05, 0.1) is 0 Å². The summed E-state index contributed by atoms with van der Waals surface area (Å²) in [5.74, 6) is 0.210. The lowest BCUT2D eigenvalue weighted by atomic mass is 10.2. The topological polar surface area (TPSA) is 49.6 Å². The summed E-state index contributed by atoms with van der Waals surface area (Å²) in [6.45, 7) is 8.35. The molecule has 1 atom stereocenters. The van der Waals surface area contributed by atoms with Crippen molar-refractivity contribution < 1.29 is 4.79 Å². The van der Waals surface area contributed by atoms with Gasteiger partial charge in [0, 0.05) is 39.1 Å². The van der Waals surface area contributed by atoms with Crippen LogP contribution in [0, 0.1) is 0 Å². The van der Waals surface area contributed by atoms with E-state index in [1.54, 1.807) is 6.92 Å². The molecule has 1 aliphatic heterocycles. The number of amides is 1. The predicted octanol–water partition coefficient (Wildman–Crippen LogP) is 0.278. The van der Waals surface area contributed by atoms with Gasteiger partial charge in [0.2, 0.25) is 5.91 Å². The Kier molecular flexibility index (Phi) is 5.05. The van der Waals surface area contributed by atoms with Crippen LogP contribution in [0.4, 0.5) is 0 Å². The fourth-order valence-electron chi connectivity index (χ4n) is 2.30. The first-order valence-corrected chi connectivity index (χ1v) is 5.88. The lowest BCUT2D eigenvalue weighted by Gasteiger charge is -2.29. The van der Waals surface area contributed by atoms with Crippen molar-refractivity contribution >= 4 is 5.91 Å². The zero-order valence-corrected chi connectivity index (χ0v) is 9.91. The highest BCUT2D eigenvalue weighted by atomic mass is 16.2. The molecule has 0 saturated carbocycles. The zero-order chi connectivity index (χ0) is 11.3. The number of nitrogens with zero attached hydrogens (tertiary/aromatic N) is 2. The Morgan fingerprint density at radius 3 is 2.87 bits per heavy atom. The van der Waals surface area contributed by atoms with E-state index >= 15 is 0 Å². The molecule has 1 heterocycles. The highest BCUT2D eigenvalue weighted by molar-refractivity contribution is 5.73. The second-order valence-electron chi connectivity index (χ2n) is 4.19. The van der Waals surface area contributed by atoms with Gasteiger partial charge < -0.3 is 15.5 Å². The monoisotopic (exact) mass is 213 g/mol. The molecule has 0 radical (unpaired) electrons. The van der Waals surface area contributed by atoms with Crippen molar-refractivity contribution in [1.82, 2.24) is 9.80 Å². The van der Waals surface area contributed by atoms with Crippen LogP contribution in [0.2, 0.25) is 0 Å². The van der Waals surface area contributed by atoms with Crippen LogP contribution >= 0.6 is 0 Å². The molecule has 1 unspecified atom stereocenters. The van der Waals surface area contributed by atoms with Gasteiger partial charge in [-0.3, -0.25) is 4.79 Å².